The van der Waals surface area contributed by atoms with Crippen LogP contribution in [0.2, 0.25) is 0 Å². The summed E-state index contributed by atoms with van der Waals surface area (Å²) in [6.07, 6.45) is 2.33. The Hall–Kier alpha value is -1.57. The van der Waals surface area contributed by atoms with Crippen LogP contribution in [0.25, 0.3) is 5.70 Å². The number of benzene rings is 1. The number of hydrogen-bond donors (Lipinski definition) is 0. The van der Waals surface area contributed by atoms with E-state index in [-0.39, 0.29) is 17.7 Å². The molecular formula is C21H30FN. The largest absolute Gasteiger partial charge is 0.367 e. The van der Waals surface area contributed by atoms with Gasteiger partial charge in [-0.15, -0.1) is 0 Å². The summed E-state index contributed by atoms with van der Waals surface area (Å²) in [6.45, 7) is 18.8. The lowest BCUT2D eigenvalue weighted by Gasteiger charge is -2.33. The zero-order valence-electron chi connectivity index (χ0n) is 15.4. The van der Waals surface area contributed by atoms with Crippen LogP contribution in [0.1, 0.15) is 70.1 Å². The minimum Gasteiger partial charge on any atom is -0.367 e. The fourth-order valence-electron chi connectivity index (χ4n) is 3.37. The van der Waals surface area contributed by atoms with E-state index in [1.54, 1.807) is 0 Å². The van der Waals surface area contributed by atoms with Gasteiger partial charge in [0.05, 0.1) is 0 Å². The van der Waals surface area contributed by atoms with Crippen LogP contribution in [0.5, 0.6) is 0 Å². The summed E-state index contributed by atoms with van der Waals surface area (Å²) in [5, 5.41) is 0. The molecule has 0 spiro atoms. The summed E-state index contributed by atoms with van der Waals surface area (Å²) in [6, 6.07) is 3.99. The first kappa shape index (κ1) is 17.8. The Labute approximate surface area is 140 Å². The van der Waals surface area contributed by atoms with E-state index in [0.29, 0.717) is 5.92 Å². The normalized spacial score (nSPS) is 18.6. The number of nitrogens with zero attached hydrogens (tertiary/aromatic N) is 1. The van der Waals surface area contributed by atoms with Crippen LogP contribution in [-0.2, 0) is 0 Å². The lowest BCUT2D eigenvalue weighted by Crippen LogP contribution is -2.31. The molecule has 0 fully saturated rings. The van der Waals surface area contributed by atoms with Crippen molar-refractivity contribution >= 4 is 5.70 Å². The van der Waals surface area contributed by atoms with Crippen molar-refractivity contribution < 1.29 is 4.39 Å². The molecular weight excluding hydrogens is 285 g/mol. The average Bonchev–Trinajstić information content (AvgIpc) is 2.45. The van der Waals surface area contributed by atoms with Gasteiger partial charge in [-0.3, -0.25) is 0 Å². The molecule has 0 radical (unpaired) electrons. The van der Waals surface area contributed by atoms with Crippen molar-refractivity contribution in [2.45, 2.75) is 53.4 Å². The first-order chi connectivity index (χ1) is 10.7. The summed E-state index contributed by atoms with van der Waals surface area (Å²) in [5.74, 6) is 0.814. The molecule has 1 unspecified atom stereocenters. The number of hydrogen-bond acceptors (Lipinski definition) is 1. The number of halogens is 1. The van der Waals surface area contributed by atoms with Crippen molar-refractivity contribution in [2.75, 3.05) is 13.1 Å². The molecule has 1 aliphatic heterocycles. The molecule has 1 heterocycles. The molecule has 1 nitrogen and oxygen atoms in total. The van der Waals surface area contributed by atoms with E-state index in [4.69, 9.17) is 0 Å². The van der Waals surface area contributed by atoms with Crippen molar-refractivity contribution in [2.24, 2.45) is 5.92 Å². The van der Waals surface area contributed by atoms with Crippen LogP contribution in [0.15, 0.2) is 30.4 Å². The first-order valence-electron chi connectivity index (χ1n) is 8.65. The maximum absolute atomic E-state index is 14.7. The van der Waals surface area contributed by atoms with Gasteiger partial charge in [0.15, 0.2) is 0 Å². The summed E-state index contributed by atoms with van der Waals surface area (Å²) < 4.78 is 14.7. The molecule has 1 atom stereocenters. The van der Waals surface area contributed by atoms with E-state index in [1.165, 1.54) is 5.57 Å². The fraction of sp³-hybridized carbons (Fsp3) is 0.524. The highest BCUT2D eigenvalue weighted by molar-refractivity contribution is 5.64. The molecule has 1 aromatic carbocycles. The molecule has 0 bridgehead atoms. The standard InChI is InChI=1S/C21H30FN/c1-13(2)19-9-18(10-20(14(3)4)21(19)22)17(7)23-11-15(5)8-16(6)12-23/h8-10,13-15H,7,11-12H2,1-6H3. The van der Waals surface area contributed by atoms with Gasteiger partial charge in [-0.2, -0.15) is 0 Å². The Kier molecular flexibility index (Phi) is 5.33. The second-order valence-corrected chi connectivity index (χ2v) is 7.60. The molecule has 0 saturated carbocycles. The minimum atomic E-state index is -0.0466. The molecule has 2 rings (SSSR count). The van der Waals surface area contributed by atoms with Gasteiger partial charge in [-0.1, -0.05) is 52.8 Å². The van der Waals surface area contributed by atoms with E-state index in [2.05, 4.69) is 31.4 Å². The molecule has 0 saturated heterocycles. The first-order valence-corrected chi connectivity index (χ1v) is 8.65. The predicted octanol–water partition coefficient (Wildman–Crippen LogP) is 5.94. The van der Waals surface area contributed by atoms with Crippen LogP contribution < -0.4 is 0 Å². The molecule has 0 amide bonds. The molecule has 1 aliphatic rings. The van der Waals surface area contributed by atoms with Crippen molar-refractivity contribution in [3.8, 4) is 0 Å². The summed E-state index contributed by atoms with van der Waals surface area (Å²) in [7, 11) is 0. The second-order valence-electron chi connectivity index (χ2n) is 7.60. The van der Waals surface area contributed by atoms with Crippen LogP contribution >= 0.6 is 0 Å². The molecule has 2 heteroatoms. The van der Waals surface area contributed by atoms with E-state index >= 15 is 0 Å². The summed E-state index contributed by atoms with van der Waals surface area (Å²) in [4.78, 5) is 2.32. The smallest absolute Gasteiger partial charge is 0.130 e. The molecule has 0 aromatic heterocycles. The predicted molar refractivity (Wildman–Crippen MR) is 98.1 cm³/mol. The van der Waals surface area contributed by atoms with Crippen molar-refractivity contribution in [1.82, 2.24) is 4.90 Å². The van der Waals surface area contributed by atoms with Gasteiger partial charge in [-0.05, 0) is 53.5 Å². The van der Waals surface area contributed by atoms with E-state index in [0.717, 1.165) is 35.5 Å². The zero-order valence-corrected chi connectivity index (χ0v) is 15.4. The molecule has 23 heavy (non-hydrogen) atoms. The van der Waals surface area contributed by atoms with Gasteiger partial charge in [-0.25, -0.2) is 4.39 Å². The third-order valence-corrected chi connectivity index (χ3v) is 4.61. The summed E-state index contributed by atoms with van der Waals surface area (Å²) >= 11 is 0. The highest BCUT2D eigenvalue weighted by atomic mass is 19.1. The number of rotatable bonds is 4. The third-order valence-electron chi connectivity index (χ3n) is 4.61. The van der Waals surface area contributed by atoms with Crippen molar-refractivity contribution in [3.05, 3.63) is 52.9 Å². The van der Waals surface area contributed by atoms with E-state index in [1.807, 2.05) is 39.8 Å². The Bertz CT molecular complexity index is 596. The van der Waals surface area contributed by atoms with Crippen molar-refractivity contribution in [3.63, 3.8) is 0 Å². The maximum atomic E-state index is 14.7. The lowest BCUT2D eigenvalue weighted by molar-refractivity contribution is 0.367. The monoisotopic (exact) mass is 315 g/mol. The van der Waals surface area contributed by atoms with Crippen LogP contribution in [0.3, 0.4) is 0 Å². The van der Waals surface area contributed by atoms with E-state index < -0.39 is 0 Å². The van der Waals surface area contributed by atoms with Gasteiger partial charge in [0.2, 0.25) is 0 Å². The van der Waals surface area contributed by atoms with Gasteiger partial charge >= 0.3 is 0 Å². The molecule has 0 aliphatic carbocycles. The molecule has 126 valence electrons. The third kappa shape index (κ3) is 3.85. The van der Waals surface area contributed by atoms with Crippen LogP contribution in [0.4, 0.5) is 4.39 Å². The Balaban J connectivity index is 2.42. The quantitative estimate of drug-likeness (QED) is 0.621. The fourth-order valence-corrected chi connectivity index (χ4v) is 3.37. The lowest BCUT2D eigenvalue weighted by atomic mass is 9.90. The van der Waals surface area contributed by atoms with Crippen molar-refractivity contribution in [1.29, 1.82) is 0 Å². The Morgan fingerprint density at radius 3 is 2.13 bits per heavy atom. The maximum Gasteiger partial charge on any atom is 0.130 e. The molecule has 0 N–H and O–H groups in total. The highest BCUT2D eigenvalue weighted by Gasteiger charge is 2.21. The van der Waals surface area contributed by atoms with E-state index in [9.17, 15) is 4.39 Å². The topological polar surface area (TPSA) is 3.24 Å². The van der Waals surface area contributed by atoms with Gasteiger partial charge in [0, 0.05) is 18.8 Å². The highest BCUT2D eigenvalue weighted by Crippen LogP contribution is 2.32. The second kappa shape index (κ2) is 6.90. The summed E-state index contributed by atoms with van der Waals surface area (Å²) in [5.41, 5.74) is 5.03. The Morgan fingerprint density at radius 1 is 1.17 bits per heavy atom. The zero-order chi connectivity index (χ0) is 17.3. The van der Waals surface area contributed by atoms with Gasteiger partial charge in [0.25, 0.3) is 0 Å². The van der Waals surface area contributed by atoms with Crippen LogP contribution in [-0.4, -0.2) is 18.0 Å². The van der Waals surface area contributed by atoms with Gasteiger partial charge in [0.1, 0.15) is 5.82 Å². The SMILES string of the molecule is C=C(c1cc(C(C)C)c(F)c(C(C)C)c1)N1CC(C)=CC(C)C1. The van der Waals surface area contributed by atoms with Gasteiger partial charge < -0.3 is 4.90 Å². The van der Waals surface area contributed by atoms with Crippen LogP contribution in [0, 0.1) is 11.7 Å². The molecule has 1 aromatic rings. The average molecular weight is 315 g/mol. The Morgan fingerprint density at radius 2 is 1.70 bits per heavy atom. The minimum absolute atomic E-state index is 0.0466.